The molecular formula is C18H25BN2O3. The SMILES string of the molecule is [B]CCC[C@H]1CN(C(=O)C(Cc2ccccc2)NC)C[C@H]1C(=O)O. The average Bonchev–Trinajstić information content (AvgIpc) is 3.02. The number of amides is 1. The number of hydrogen-bond acceptors (Lipinski definition) is 3. The van der Waals surface area contributed by atoms with Crippen LogP contribution in [0.3, 0.4) is 0 Å². The summed E-state index contributed by atoms with van der Waals surface area (Å²) in [5, 5.41) is 12.5. The molecule has 0 aromatic heterocycles. The fourth-order valence-electron chi connectivity index (χ4n) is 3.39. The quantitative estimate of drug-likeness (QED) is 0.707. The number of rotatable bonds is 8. The fraction of sp³-hybridized carbons (Fsp3) is 0.556. The van der Waals surface area contributed by atoms with Gasteiger partial charge in [-0.15, -0.1) is 0 Å². The molecular weight excluding hydrogens is 303 g/mol. The molecule has 0 aliphatic carbocycles. The zero-order valence-electron chi connectivity index (χ0n) is 14.1. The van der Waals surface area contributed by atoms with Crippen LogP contribution in [0.5, 0.6) is 0 Å². The first-order valence-electron chi connectivity index (χ1n) is 8.49. The first-order chi connectivity index (χ1) is 11.6. The third kappa shape index (κ3) is 4.60. The first kappa shape index (κ1) is 18.5. The molecule has 1 amide bonds. The maximum Gasteiger partial charge on any atom is 0.308 e. The summed E-state index contributed by atoms with van der Waals surface area (Å²) in [6.07, 6.45) is 2.68. The Labute approximate surface area is 144 Å². The van der Waals surface area contributed by atoms with Gasteiger partial charge in [-0.05, 0) is 31.4 Å². The molecule has 128 valence electrons. The topological polar surface area (TPSA) is 69.6 Å². The normalized spacial score (nSPS) is 21.6. The smallest absolute Gasteiger partial charge is 0.308 e. The molecule has 1 unspecified atom stereocenters. The first-order valence-corrected chi connectivity index (χ1v) is 8.49. The average molecular weight is 328 g/mol. The maximum absolute atomic E-state index is 12.8. The molecule has 24 heavy (non-hydrogen) atoms. The molecule has 1 aliphatic rings. The molecule has 0 spiro atoms. The van der Waals surface area contributed by atoms with Gasteiger partial charge in [0.25, 0.3) is 0 Å². The molecule has 5 nitrogen and oxygen atoms in total. The molecule has 1 aromatic carbocycles. The van der Waals surface area contributed by atoms with Crippen LogP contribution in [0.15, 0.2) is 30.3 Å². The Morgan fingerprint density at radius 2 is 2.04 bits per heavy atom. The Bertz CT molecular complexity index is 552. The van der Waals surface area contributed by atoms with Gasteiger partial charge in [0.2, 0.25) is 5.91 Å². The third-order valence-corrected chi connectivity index (χ3v) is 4.78. The molecule has 1 aromatic rings. The predicted octanol–water partition coefficient (Wildman–Crippen LogP) is 1.34. The van der Waals surface area contributed by atoms with E-state index < -0.39 is 11.9 Å². The van der Waals surface area contributed by atoms with Crippen molar-refractivity contribution in [3.63, 3.8) is 0 Å². The molecule has 2 N–H and O–H groups in total. The number of likely N-dealkylation sites (tertiary alicyclic amines) is 1. The van der Waals surface area contributed by atoms with Crippen molar-refractivity contribution in [3.8, 4) is 0 Å². The summed E-state index contributed by atoms with van der Waals surface area (Å²) in [6, 6.07) is 9.49. The van der Waals surface area contributed by atoms with Gasteiger partial charge >= 0.3 is 5.97 Å². The highest BCUT2D eigenvalue weighted by atomic mass is 16.4. The Morgan fingerprint density at radius 1 is 1.33 bits per heavy atom. The number of carbonyl (C=O) groups is 2. The highest BCUT2D eigenvalue weighted by Gasteiger charge is 2.40. The zero-order chi connectivity index (χ0) is 17.5. The van der Waals surface area contributed by atoms with Crippen LogP contribution < -0.4 is 5.32 Å². The predicted molar refractivity (Wildman–Crippen MR) is 94.0 cm³/mol. The van der Waals surface area contributed by atoms with Gasteiger partial charge in [-0.1, -0.05) is 43.1 Å². The zero-order valence-corrected chi connectivity index (χ0v) is 14.1. The molecule has 0 bridgehead atoms. The van der Waals surface area contributed by atoms with Crippen molar-refractivity contribution in [2.75, 3.05) is 20.1 Å². The van der Waals surface area contributed by atoms with Gasteiger partial charge in [-0.25, -0.2) is 0 Å². The van der Waals surface area contributed by atoms with E-state index in [-0.39, 0.29) is 24.4 Å². The number of carboxylic acids is 1. The van der Waals surface area contributed by atoms with Crippen LogP contribution in [0.4, 0.5) is 0 Å². The van der Waals surface area contributed by atoms with Gasteiger partial charge in [0.1, 0.15) is 0 Å². The Balaban J connectivity index is 2.03. The van der Waals surface area contributed by atoms with E-state index in [1.807, 2.05) is 30.3 Å². The Hall–Kier alpha value is -1.82. The number of benzene rings is 1. The lowest BCUT2D eigenvalue weighted by Crippen LogP contribution is -2.46. The molecule has 1 saturated heterocycles. The number of aliphatic carboxylic acids is 1. The number of nitrogens with zero attached hydrogens (tertiary/aromatic N) is 1. The summed E-state index contributed by atoms with van der Waals surface area (Å²) in [4.78, 5) is 26.0. The molecule has 3 atom stereocenters. The second-order valence-corrected chi connectivity index (χ2v) is 6.41. The Morgan fingerprint density at radius 3 is 2.62 bits per heavy atom. The van der Waals surface area contributed by atoms with Crippen LogP contribution in [0.2, 0.25) is 6.32 Å². The van der Waals surface area contributed by atoms with E-state index in [1.165, 1.54) is 0 Å². The second kappa shape index (κ2) is 8.88. The van der Waals surface area contributed by atoms with Crippen molar-refractivity contribution in [1.29, 1.82) is 0 Å². The molecule has 1 heterocycles. The van der Waals surface area contributed by atoms with E-state index in [0.717, 1.165) is 18.4 Å². The van der Waals surface area contributed by atoms with Crippen LogP contribution in [0.25, 0.3) is 0 Å². The van der Waals surface area contributed by atoms with Gasteiger partial charge in [0.15, 0.2) is 0 Å². The van der Waals surface area contributed by atoms with Gasteiger partial charge in [0, 0.05) is 13.1 Å². The maximum atomic E-state index is 12.8. The minimum Gasteiger partial charge on any atom is -0.481 e. The molecule has 2 radical (unpaired) electrons. The number of carbonyl (C=O) groups excluding carboxylic acids is 1. The largest absolute Gasteiger partial charge is 0.481 e. The van der Waals surface area contributed by atoms with Crippen molar-refractivity contribution in [2.24, 2.45) is 11.8 Å². The molecule has 0 saturated carbocycles. The van der Waals surface area contributed by atoms with Gasteiger partial charge in [-0.2, -0.15) is 0 Å². The summed E-state index contributed by atoms with van der Waals surface area (Å²) in [7, 11) is 7.31. The minimum atomic E-state index is -0.823. The highest BCUT2D eigenvalue weighted by molar-refractivity contribution is 6.08. The number of nitrogens with one attached hydrogen (secondary N) is 1. The molecule has 2 rings (SSSR count). The van der Waals surface area contributed by atoms with Crippen molar-refractivity contribution in [3.05, 3.63) is 35.9 Å². The fourth-order valence-corrected chi connectivity index (χ4v) is 3.39. The van der Waals surface area contributed by atoms with Crippen LogP contribution in [-0.4, -0.2) is 55.9 Å². The van der Waals surface area contributed by atoms with Crippen molar-refractivity contribution in [2.45, 2.75) is 31.6 Å². The summed E-state index contributed by atoms with van der Waals surface area (Å²) in [6.45, 7) is 0.791. The van der Waals surface area contributed by atoms with Gasteiger partial charge in [0.05, 0.1) is 19.8 Å². The van der Waals surface area contributed by atoms with Gasteiger partial charge in [-0.3, -0.25) is 9.59 Å². The van der Waals surface area contributed by atoms with Crippen LogP contribution >= 0.6 is 0 Å². The van der Waals surface area contributed by atoms with E-state index in [2.05, 4.69) is 5.32 Å². The van der Waals surface area contributed by atoms with E-state index in [9.17, 15) is 14.7 Å². The minimum absolute atomic E-state index is 0.00997. The van der Waals surface area contributed by atoms with Crippen molar-refractivity contribution < 1.29 is 14.7 Å². The molecule has 1 fully saturated rings. The summed E-state index contributed by atoms with van der Waals surface area (Å²) < 4.78 is 0. The number of carboxylic acid groups (broad SMARTS) is 1. The Kier molecular flexibility index (Phi) is 6.85. The van der Waals surface area contributed by atoms with Crippen LogP contribution in [0.1, 0.15) is 18.4 Å². The van der Waals surface area contributed by atoms with E-state index >= 15 is 0 Å². The standard InChI is InChI=1S/C18H25BN2O3/c1-20-16(10-13-6-3-2-4-7-13)17(22)21-11-14(8-5-9-19)15(12-21)18(23)24/h2-4,6-7,14-16,20H,5,8-12H2,1H3,(H,23,24)/t14-,15+,16?/m0/s1. The van der Waals surface area contributed by atoms with Crippen molar-refractivity contribution >= 4 is 19.7 Å². The summed E-state index contributed by atoms with van der Waals surface area (Å²) in [5.74, 6) is -1.35. The lowest BCUT2D eigenvalue weighted by atomic mass is 9.88. The van der Waals surface area contributed by atoms with E-state index in [0.29, 0.717) is 19.3 Å². The summed E-state index contributed by atoms with van der Waals surface area (Å²) in [5.41, 5.74) is 1.08. The lowest BCUT2D eigenvalue weighted by Gasteiger charge is -2.23. The van der Waals surface area contributed by atoms with Crippen LogP contribution in [0, 0.1) is 11.8 Å². The van der Waals surface area contributed by atoms with E-state index in [1.54, 1.807) is 11.9 Å². The highest BCUT2D eigenvalue weighted by Crippen LogP contribution is 2.28. The second-order valence-electron chi connectivity index (χ2n) is 6.41. The van der Waals surface area contributed by atoms with Crippen LogP contribution in [-0.2, 0) is 16.0 Å². The number of likely N-dealkylation sites (N-methyl/N-ethyl adjacent to an activating group) is 1. The summed E-state index contributed by atoms with van der Waals surface area (Å²) >= 11 is 0. The van der Waals surface area contributed by atoms with E-state index in [4.69, 9.17) is 7.85 Å². The molecule has 1 aliphatic heterocycles. The monoisotopic (exact) mass is 328 g/mol. The lowest BCUT2D eigenvalue weighted by molar-refractivity contribution is -0.142. The molecule has 6 heteroatoms. The van der Waals surface area contributed by atoms with Gasteiger partial charge < -0.3 is 15.3 Å². The third-order valence-electron chi connectivity index (χ3n) is 4.78. The van der Waals surface area contributed by atoms with Crippen molar-refractivity contribution in [1.82, 2.24) is 10.2 Å². The number of hydrogen-bond donors (Lipinski definition) is 2.